The number of hydrogen-bond donors (Lipinski definition) is 1. The van der Waals surface area contributed by atoms with Gasteiger partial charge in [-0.25, -0.2) is 0 Å². The van der Waals surface area contributed by atoms with Gasteiger partial charge in [0, 0.05) is 12.0 Å². The summed E-state index contributed by atoms with van der Waals surface area (Å²) >= 11 is 1.35. The lowest BCUT2D eigenvalue weighted by molar-refractivity contribution is 0.288. The molecule has 0 aliphatic heterocycles. The number of rotatable bonds is 3. The monoisotopic (exact) mass is 222 g/mol. The van der Waals surface area contributed by atoms with Crippen molar-refractivity contribution in [3.8, 4) is 0 Å². The topological polar surface area (TPSA) is 46.0 Å². The Bertz CT molecular complexity index is 306. The van der Waals surface area contributed by atoms with Gasteiger partial charge in [0.25, 0.3) is 0 Å². The van der Waals surface area contributed by atoms with E-state index in [4.69, 9.17) is 5.11 Å². The highest BCUT2D eigenvalue weighted by Gasteiger charge is 1.88. The molecule has 0 bridgehead atoms. The Labute approximate surface area is 93.6 Å². The van der Waals surface area contributed by atoms with Crippen LogP contribution in [-0.2, 0) is 6.42 Å². The second kappa shape index (κ2) is 8.08. The molecule has 1 heterocycles. The van der Waals surface area contributed by atoms with E-state index in [1.54, 1.807) is 6.20 Å². The molecule has 4 heteroatoms. The molecule has 3 nitrogen and oxygen atoms in total. The molecule has 2 rings (SSSR count). The van der Waals surface area contributed by atoms with E-state index in [0.717, 1.165) is 12.8 Å². The van der Waals surface area contributed by atoms with Crippen molar-refractivity contribution >= 4 is 11.5 Å². The molecule has 0 saturated heterocycles. The summed E-state index contributed by atoms with van der Waals surface area (Å²) in [7, 11) is 0. The third-order valence-electron chi connectivity index (χ3n) is 1.75. The van der Waals surface area contributed by atoms with Gasteiger partial charge in [-0.15, -0.1) is 5.10 Å². The number of aliphatic hydroxyl groups is 1. The lowest BCUT2D eigenvalue weighted by atomic mass is 10.1. The van der Waals surface area contributed by atoms with Crippen LogP contribution in [0.1, 0.15) is 12.0 Å². The van der Waals surface area contributed by atoms with Crippen molar-refractivity contribution < 1.29 is 5.11 Å². The molecule has 0 radical (unpaired) electrons. The van der Waals surface area contributed by atoms with Crippen LogP contribution in [0.25, 0.3) is 0 Å². The van der Waals surface area contributed by atoms with Gasteiger partial charge < -0.3 is 5.11 Å². The molecule has 1 aromatic heterocycles. The Kier molecular flexibility index (Phi) is 6.36. The first-order valence-corrected chi connectivity index (χ1v) is 5.63. The van der Waals surface area contributed by atoms with E-state index in [9.17, 15) is 0 Å². The quantitative estimate of drug-likeness (QED) is 0.865. The fourth-order valence-corrected chi connectivity index (χ4v) is 1.34. The average molecular weight is 222 g/mol. The predicted molar refractivity (Wildman–Crippen MR) is 61.8 cm³/mol. The summed E-state index contributed by atoms with van der Waals surface area (Å²) in [6.45, 7) is 0.287. The third kappa shape index (κ3) is 5.93. The zero-order valence-corrected chi connectivity index (χ0v) is 9.23. The van der Waals surface area contributed by atoms with Crippen molar-refractivity contribution in [1.82, 2.24) is 9.59 Å². The van der Waals surface area contributed by atoms with E-state index in [1.807, 2.05) is 23.6 Å². The van der Waals surface area contributed by atoms with Crippen LogP contribution in [-0.4, -0.2) is 21.3 Å². The average Bonchev–Trinajstić information content (AvgIpc) is 2.86. The maximum atomic E-state index is 8.53. The summed E-state index contributed by atoms with van der Waals surface area (Å²) in [5, 5.41) is 13.8. The van der Waals surface area contributed by atoms with Gasteiger partial charge in [-0.05, 0) is 29.9 Å². The van der Waals surface area contributed by atoms with Gasteiger partial charge in [0.1, 0.15) is 0 Å². The fraction of sp³-hybridized carbons (Fsp3) is 0.273. The highest BCUT2D eigenvalue weighted by Crippen LogP contribution is 2.00. The van der Waals surface area contributed by atoms with Crippen LogP contribution in [0.3, 0.4) is 0 Å². The SMILES string of the molecule is OCCCc1ccccc1.c1csnn1. The summed E-state index contributed by atoms with van der Waals surface area (Å²) in [5.74, 6) is 0. The van der Waals surface area contributed by atoms with Crippen molar-refractivity contribution in [3.05, 3.63) is 47.5 Å². The molecule has 1 N–H and O–H groups in total. The summed E-state index contributed by atoms with van der Waals surface area (Å²) in [5.41, 5.74) is 1.30. The van der Waals surface area contributed by atoms with E-state index >= 15 is 0 Å². The zero-order valence-electron chi connectivity index (χ0n) is 8.41. The second-order valence-electron chi connectivity index (χ2n) is 2.90. The Morgan fingerprint density at radius 2 is 2.00 bits per heavy atom. The molecule has 2 aromatic rings. The molecule has 0 fully saturated rings. The largest absolute Gasteiger partial charge is 0.396 e. The van der Waals surface area contributed by atoms with E-state index in [0.29, 0.717) is 0 Å². The normalized spacial score (nSPS) is 9.13. The summed E-state index contributed by atoms with van der Waals surface area (Å²) in [6, 6.07) is 10.2. The van der Waals surface area contributed by atoms with E-state index in [2.05, 4.69) is 21.7 Å². The van der Waals surface area contributed by atoms with Gasteiger partial charge in [-0.3, -0.25) is 0 Å². The molecule has 1 aromatic carbocycles. The minimum Gasteiger partial charge on any atom is -0.396 e. The van der Waals surface area contributed by atoms with Gasteiger partial charge in [0.15, 0.2) is 0 Å². The van der Waals surface area contributed by atoms with Crippen LogP contribution in [0.5, 0.6) is 0 Å². The van der Waals surface area contributed by atoms with Gasteiger partial charge in [-0.2, -0.15) is 0 Å². The van der Waals surface area contributed by atoms with Crippen molar-refractivity contribution in [2.45, 2.75) is 12.8 Å². The number of aromatic nitrogens is 2. The Morgan fingerprint density at radius 1 is 1.20 bits per heavy atom. The molecular weight excluding hydrogens is 208 g/mol. The molecule has 0 amide bonds. The molecule has 0 spiro atoms. The zero-order chi connectivity index (χ0) is 10.8. The maximum Gasteiger partial charge on any atom is 0.0620 e. The fourth-order valence-electron chi connectivity index (χ4n) is 1.06. The van der Waals surface area contributed by atoms with Gasteiger partial charge in [0.05, 0.1) is 6.20 Å². The summed E-state index contributed by atoms with van der Waals surface area (Å²) in [4.78, 5) is 0. The van der Waals surface area contributed by atoms with Gasteiger partial charge in [-0.1, -0.05) is 34.8 Å². The van der Waals surface area contributed by atoms with E-state index in [1.165, 1.54) is 17.1 Å². The van der Waals surface area contributed by atoms with Gasteiger partial charge >= 0.3 is 0 Å². The van der Waals surface area contributed by atoms with Crippen LogP contribution < -0.4 is 0 Å². The van der Waals surface area contributed by atoms with Crippen molar-refractivity contribution in [2.75, 3.05) is 6.61 Å². The Morgan fingerprint density at radius 3 is 2.47 bits per heavy atom. The standard InChI is InChI=1S/C9H12O.C2H2N2S/c10-8-4-7-9-5-2-1-3-6-9;1-2-5-4-3-1/h1-3,5-6,10H,4,7-8H2;1-2H. The smallest absolute Gasteiger partial charge is 0.0620 e. The molecule has 0 atom stereocenters. The maximum absolute atomic E-state index is 8.53. The number of nitrogens with zero attached hydrogens (tertiary/aromatic N) is 2. The predicted octanol–water partition coefficient (Wildman–Crippen LogP) is 2.15. The molecule has 0 aliphatic rings. The molecule has 0 saturated carbocycles. The second-order valence-corrected chi connectivity index (χ2v) is 3.55. The minimum atomic E-state index is 0.287. The number of aryl methyl sites for hydroxylation is 1. The van der Waals surface area contributed by atoms with E-state index in [-0.39, 0.29) is 6.61 Å². The number of benzene rings is 1. The number of hydrogen-bond acceptors (Lipinski definition) is 4. The van der Waals surface area contributed by atoms with Crippen LogP contribution in [0.2, 0.25) is 0 Å². The highest BCUT2D eigenvalue weighted by molar-refractivity contribution is 7.03. The molecule has 80 valence electrons. The lowest BCUT2D eigenvalue weighted by Crippen LogP contribution is -1.87. The van der Waals surface area contributed by atoms with Crippen LogP contribution in [0.15, 0.2) is 41.9 Å². The van der Waals surface area contributed by atoms with Crippen LogP contribution in [0.4, 0.5) is 0 Å². The first kappa shape index (κ1) is 11.8. The van der Waals surface area contributed by atoms with Gasteiger partial charge in [0.2, 0.25) is 0 Å². The van der Waals surface area contributed by atoms with Crippen molar-refractivity contribution in [3.63, 3.8) is 0 Å². The molecule has 0 unspecified atom stereocenters. The molecule has 15 heavy (non-hydrogen) atoms. The van der Waals surface area contributed by atoms with Crippen molar-refractivity contribution in [1.29, 1.82) is 0 Å². The molecule has 0 aliphatic carbocycles. The first-order chi connectivity index (χ1) is 7.43. The summed E-state index contributed by atoms with van der Waals surface area (Å²) < 4.78 is 3.51. The van der Waals surface area contributed by atoms with Crippen LogP contribution in [0, 0.1) is 0 Å². The van der Waals surface area contributed by atoms with E-state index < -0.39 is 0 Å². The van der Waals surface area contributed by atoms with Crippen molar-refractivity contribution in [2.24, 2.45) is 0 Å². The van der Waals surface area contributed by atoms with Crippen LogP contribution >= 0.6 is 11.5 Å². The highest BCUT2D eigenvalue weighted by atomic mass is 32.1. The Balaban J connectivity index is 0.000000187. The minimum absolute atomic E-state index is 0.287. The lowest BCUT2D eigenvalue weighted by Gasteiger charge is -1.96. The first-order valence-electron chi connectivity index (χ1n) is 4.79. The number of aliphatic hydroxyl groups excluding tert-OH is 1. The Hall–Kier alpha value is -1.26. The third-order valence-corrected chi connectivity index (χ3v) is 2.18. The summed E-state index contributed by atoms with van der Waals surface area (Å²) in [6.07, 6.45) is 3.51. The molecular formula is C11H14N2OS.